The summed E-state index contributed by atoms with van der Waals surface area (Å²) in [6.45, 7) is 4.45. The molecular formula is C15H21N3O2S. The molecule has 114 valence electrons. The molecule has 1 atom stereocenters. The van der Waals surface area contributed by atoms with Crippen molar-refractivity contribution in [2.24, 2.45) is 0 Å². The lowest BCUT2D eigenvalue weighted by Crippen LogP contribution is -2.32. The van der Waals surface area contributed by atoms with Gasteiger partial charge in [-0.15, -0.1) is 0 Å². The van der Waals surface area contributed by atoms with Gasteiger partial charge in [-0.05, 0) is 32.3 Å². The third kappa shape index (κ3) is 4.41. The fourth-order valence-corrected chi connectivity index (χ4v) is 3.31. The van der Waals surface area contributed by atoms with E-state index in [1.165, 1.54) is 11.8 Å². The second-order valence-electron chi connectivity index (χ2n) is 5.08. The zero-order valence-corrected chi connectivity index (χ0v) is 13.2. The van der Waals surface area contributed by atoms with E-state index in [9.17, 15) is 8.42 Å². The van der Waals surface area contributed by atoms with Gasteiger partial charge in [-0.3, -0.25) is 4.68 Å². The molecule has 5 nitrogen and oxygen atoms in total. The molecular weight excluding hydrogens is 286 g/mol. The number of rotatable bonds is 7. The predicted octanol–water partition coefficient (Wildman–Crippen LogP) is 2.20. The molecule has 0 fully saturated rings. The first-order chi connectivity index (χ1) is 10.0. The van der Waals surface area contributed by atoms with Crippen molar-refractivity contribution in [2.45, 2.75) is 44.2 Å². The van der Waals surface area contributed by atoms with Gasteiger partial charge >= 0.3 is 0 Å². The zero-order valence-electron chi connectivity index (χ0n) is 12.4. The van der Waals surface area contributed by atoms with Crippen LogP contribution >= 0.6 is 0 Å². The minimum atomic E-state index is -3.49. The number of benzene rings is 1. The molecule has 0 saturated carbocycles. The Bertz CT molecular complexity index is 665. The predicted molar refractivity (Wildman–Crippen MR) is 82.4 cm³/mol. The van der Waals surface area contributed by atoms with Crippen LogP contribution in [0.25, 0.3) is 0 Å². The summed E-state index contributed by atoms with van der Waals surface area (Å²) >= 11 is 0. The highest BCUT2D eigenvalue weighted by molar-refractivity contribution is 7.89. The average molecular weight is 307 g/mol. The Balaban J connectivity index is 1.93. The van der Waals surface area contributed by atoms with Crippen molar-refractivity contribution in [3.05, 3.63) is 48.3 Å². The number of hydrogen-bond donors (Lipinski definition) is 1. The van der Waals surface area contributed by atoms with Gasteiger partial charge in [-0.2, -0.15) is 5.10 Å². The van der Waals surface area contributed by atoms with Crippen molar-refractivity contribution in [2.75, 3.05) is 0 Å². The van der Waals surface area contributed by atoms with Crippen LogP contribution in [0.4, 0.5) is 0 Å². The third-order valence-corrected chi connectivity index (χ3v) is 4.85. The maximum absolute atomic E-state index is 12.2. The van der Waals surface area contributed by atoms with Crippen molar-refractivity contribution in [1.29, 1.82) is 0 Å². The van der Waals surface area contributed by atoms with E-state index in [1.54, 1.807) is 10.9 Å². The molecule has 0 radical (unpaired) electrons. The lowest BCUT2D eigenvalue weighted by Gasteiger charge is -2.13. The quantitative estimate of drug-likeness (QED) is 0.853. The standard InChI is InChI=1S/C15H21N3O2S/c1-3-18-12-15(11-16-18)21(19,20)17-13(2)9-10-14-7-5-4-6-8-14/h4-8,11-13,17H,3,9-10H2,1-2H3. The third-order valence-electron chi connectivity index (χ3n) is 3.31. The van der Waals surface area contributed by atoms with Gasteiger partial charge in [0.25, 0.3) is 0 Å². The van der Waals surface area contributed by atoms with Crippen molar-refractivity contribution in [3.8, 4) is 0 Å². The van der Waals surface area contributed by atoms with Gasteiger partial charge in [0.2, 0.25) is 10.0 Å². The van der Waals surface area contributed by atoms with E-state index in [1.807, 2.05) is 44.2 Å². The molecule has 0 aliphatic heterocycles. The van der Waals surface area contributed by atoms with E-state index in [0.717, 1.165) is 12.8 Å². The molecule has 6 heteroatoms. The molecule has 0 saturated heterocycles. The van der Waals surface area contributed by atoms with Crippen molar-refractivity contribution in [3.63, 3.8) is 0 Å². The molecule has 2 aromatic rings. The Morgan fingerprint density at radius 3 is 2.62 bits per heavy atom. The average Bonchev–Trinajstić information content (AvgIpc) is 2.96. The largest absolute Gasteiger partial charge is 0.272 e. The van der Waals surface area contributed by atoms with Crippen LogP contribution in [0.3, 0.4) is 0 Å². The monoisotopic (exact) mass is 307 g/mol. The lowest BCUT2D eigenvalue weighted by molar-refractivity contribution is 0.546. The lowest BCUT2D eigenvalue weighted by atomic mass is 10.1. The highest BCUT2D eigenvalue weighted by Crippen LogP contribution is 2.10. The smallest absolute Gasteiger partial charge is 0.243 e. The summed E-state index contributed by atoms with van der Waals surface area (Å²) in [5.41, 5.74) is 1.21. The van der Waals surface area contributed by atoms with Gasteiger partial charge in [0.15, 0.2) is 0 Å². The first-order valence-electron chi connectivity index (χ1n) is 7.10. The van der Waals surface area contributed by atoms with Crippen LogP contribution in [0, 0.1) is 0 Å². The van der Waals surface area contributed by atoms with Gasteiger partial charge < -0.3 is 0 Å². The maximum Gasteiger partial charge on any atom is 0.243 e. The minimum Gasteiger partial charge on any atom is -0.272 e. The zero-order chi connectivity index (χ0) is 15.3. The first kappa shape index (κ1) is 15.7. The SMILES string of the molecule is CCn1cc(S(=O)(=O)NC(C)CCc2ccccc2)cn1. The van der Waals surface area contributed by atoms with Crippen LogP contribution < -0.4 is 4.72 Å². The highest BCUT2D eigenvalue weighted by Gasteiger charge is 2.19. The Morgan fingerprint density at radius 1 is 1.29 bits per heavy atom. The van der Waals surface area contributed by atoms with Gasteiger partial charge in [-0.1, -0.05) is 30.3 Å². The molecule has 2 rings (SSSR count). The number of sulfonamides is 1. The van der Waals surface area contributed by atoms with E-state index < -0.39 is 10.0 Å². The summed E-state index contributed by atoms with van der Waals surface area (Å²) < 4.78 is 28.7. The minimum absolute atomic E-state index is 0.125. The topological polar surface area (TPSA) is 64.0 Å². The Labute approximate surface area is 126 Å². The van der Waals surface area contributed by atoms with Crippen LogP contribution in [0.1, 0.15) is 25.8 Å². The highest BCUT2D eigenvalue weighted by atomic mass is 32.2. The normalized spacial score (nSPS) is 13.2. The van der Waals surface area contributed by atoms with E-state index >= 15 is 0 Å². The second kappa shape index (κ2) is 6.87. The van der Waals surface area contributed by atoms with Crippen molar-refractivity contribution < 1.29 is 8.42 Å². The number of aromatic nitrogens is 2. The summed E-state index contributed by atoms with van der Waals surface area (Å²) in [6, 6.07) is 9.92. The summed E-state index contributed by atoms with van der Waals surface area (Å²) in [5.74, 6) is 0. The molecule has 1 aromatic heterocycles. The number of hydrogen-bond acceptors (Lipinski definition) is 3. The van der Waals surface area contributed by atoms with Crippen LogP contribution in [0.5, 0.6) is 0 Å². The fraction of sp³-hybridized carbons (Fsp3) is 0.400. The molecule has 1 aromatic carbocycles. The van der Waals surface area contributed by atoms with E-state index in [4.69, 9.17) is 0 Å². The summed E-state index contributed by atoms with van der Waals surface area (Å²) in [6.07, 6.45) is 4.53. The molecule has 0 bridgehead atoms. The molecule has 1 unspecified atom stereocenters. The molecule has 1 heterocycles. The molecule has 0 amide bonds. The molecule has 0 spiro atoms. The van der Waals surface area contributed by atoms with Gasteiger partial charge in [0.1, 0.15) is 4.90 Å². The van der Waals surface area contributed by atoms with Crippen molar-refractivity contribution in [1.82, 2.24) is 14.5 Å². The number of nitrogens with zero attached hydrogens (tertiary/aromatic N) is 2. The molecule has 0 aliphatic rings. The van der Waals surface area contributed by atoms with E-state index in [2.05, 4.69) is 9.82 Å². The maximum atomic E-state index is 12.2. The molecule has 21 heavy (non-hydrogen) atoms. The second-order valence-corrected chi connectivity index (χ2v) is 6.79. The number of nitrogens with one attached hydrogen (secondary N) is 1. The Kier molecular flexibility index (Phi) is 5.14. The fourth-order valence-electron chi connectivity index (χ4n) is 2.08. The summed E-state index contributed by atoms with van der Waals surface area (Å²) in [5, 5.41) is 4.00. The summed E-state index contributed by atoms with van der Waals surface area (Å²) in [7, 11) is -3.49. The van der Waals surface area contributed by atoms with E-state index in [-0.39, 0.29) is 10.9 Å². The molecule has 0 aliphatic carbocycles. The van der Waals surface area contributed by atoms with Crippen molar-refractivity contribution >= 4 is 10.0 Å². The van der Waals surface area contributed by atoms with Gasteiger partial charge in [0, 0.05) is 18.8 Å². The van der Waals surface area contributed by atoms with Gasteiger partial charge in [-0.25, -0.2) is 13.1 Å². The van der Waals surface area contributed by atoms with Crippen LogP contribution in [0.15, 0.2) is 47.6 Å². The van der Waals surface area contributed by atoms with Crippen LogP contribution in [-0.2, 0) is 23.0 Å². The first-order valence-corrected chi connectivity index (χ1v) is 8.58. The number of aryl methyl sites for hydroxylation is 2. The molecule has 1 N–H and O–H groups in total. The van der Waals surface area contributed by atoms with Crippen LogP contribution in [0.2, 0.25) is 0 Å². The Morgan fingerprint density at radius 2 is 2.00 bits per heavy atom. The van der Waals surface area contributed by atoms with Crippen LogP contribution in [-0.4, -0.2) is 24.2 Å². The summed E-state index contributed by atoms with van der Waals surface area (Å²) in [4.78, 5) is 0.218. The van der Waals surface area contributed by atoms with Gasteiger partial charge in [0.05, 0.1) is 6.20 Å². The Hall–Kier alpha value is -1.66. The van der Waals surface area contributed by atoms with E-state index in [0.29, 0.717) is 6.54 Å².